The molecule has 3 rings (SSSR count). The summed E-state index contributed by atoms with van der Waals surface area (Å²) in [6.07, 6.45) is 1.89. The Morgan fingerprint density at radius 3 is 2.79 bits per heavy atom. The van der Waals surface area contributed by atoms with Crippen molar-refractivity contribution in [1.82, 2.24) is 9.78 Å². The van der Waals surface area contributed by atoms with Crippen molar-refractivity contribution in [3.63, 3.8) is 0 Å². The first kappa shape index (κ1) is 17.3. The Kier molecular flexibility index (Phi) is 4.40. The zero-order chi connectivity index (χ0) is 17.6. The van der Waals surface area contributed by atoms with Crippen LogP contribution < -0.4 is 0 Å². The van der Waals surface area contributed by atoms with E-state index in [4.69, 9.17) is 9.47 Å². The maximum Gasteiger partial charge on any atom is 0.333 e. The molecule has 1 aliphatic heterocycles. The summed E-state index contributed by atoms with van der Waals surface area (Å²) in [7, 11) is 0. The van der Waals surface area contributed by atoms with E-state index in [9.17, 15) is 13.6 Å². The molecule has 1 saturated carbocycles. The predicted octanol–water partition coefficient (Wildman–Crippen LogP) is 3.18. The molecule has 0 radical (unpaired) electrons. The molecule has 0 bridgehead atoms. The van der Waals surface area contributed by atoms with Crippen molar-refractivity contribution in [2.75, 3.05) is 6.61 Å². The molecule has 0 N–H and O–H groups in total. The van der Waals surface area contributed by atoms with Gasteiger partial charge < -0.3 is 9.47 Å². The number of aryl methyl sites for hydroxylation is 1. The van der Waals surface area contributed by atoms with E-state index >= 15 is 0 Å². The molecule has 7 heteroatoms. The number of fused-ring (bicyclic) bond motifs is 1. The zero-order valence-corrected chi connectivity index (χ0v) is 14.5. The van der Waals surface area contributed by atoms with E-state index in [0.717, 1.165) is 19.4 Å². The number of nitrogens with zero attached hydrogens (tertiary/aromatic N) is 2. The number of esters is 1. The number of aromatic nitrogens is 2. The number of ether oxygens (including phenoxy) is 2. The fraction of sp³-hybridized carbons (Fsp3) is 0.765. The number of hydrogen-bond acceptors (Lipinski definition) is 4. The summed E-state index contributed by atoms with van der Waals surface area (Å²) in [6.45, 7) is 5.32. The molecule has 1 aromatic heterocycles. The molecule has 2 aliphatic rings. The van der Waals surface area contributed by atoms with Crippen LogP contribution in [0.5, 0.6) is 0 Å². The quantitative estimate of drug-likeness (QED) is 0.789. The van der Waals surface area contributed by atoms with Gasteiger partial charge in [-0.1, -0.05) is 13.8 Å². The summed E-state index contributed by atoms with van der Waals surface area (Å²) in [5.41, 5.74) is 1.06. The Labute approximate surface area is 140 Å². The van der Waals surface area contributed by atoms with E-state index < -0.39 is 12.5 Å². The lowest BCUT2D eigenvalue weighted by Crippen LogP contribution is -2.65. The molecular weight excluding hydrogens is 318 g/mol. The van der Waals surface area contributed by atoms with Crippen molar-refractivity contribution < 1.29 is 23.0 Å². The molecule has 2 fully saturated rings. The van der Waals surface area contributed by atoms with E-state index in [-0.39, 0.29) is 30.0 Å². The first-order valence-corrected chi connectivity index (χ1v) is 8.37. The van der Waals surface area contributed by atoms with Gasteiger partial charge in [0.25, 0.3) is 0 Å². The number of alkyl halides is 2. The highest BCUT2D eigenvalue weighted by Gasteiger charge is 2.60. The molecule has 24 heavy (non-hydrogen) atoms. The van der Waals surface area contributed by atoms with Gasteiger partial charge in [0.1, 0.15) is 6.10 Å². The predicted molar refractivity (Wildman–Crippen MR) is 82.8 cm³/mol. The second-order valence-electron chi connectivity index (χ2n) is 7.38. The molecule has 0 spiro atoms. The average molecular weight is 342 g/mol. The topological polar surface area (TPSA) is 53.4 Å². The lowest BCUT2D eigenvalue weighted by Gasteiger charge is -2.58. The van der Waals surface area contributed by atoms with Crippen molar-refractivity contribution in [1.29, 1.82) is 0 Å². The van der Waals surface area contributed by atoms with Gasteiger partial charge in [0.05, 0.1) is 18.2 Å². The van der Waals surface area contributed by atoms with Gasteiger partial charge >= 0.3 is 12.5 Å². The van der Waals surface area contributed by atoms with E-state index in [0.29, 0.717) is 21.6 Å². The molecule has 5 nitrogen and oxygen atoms in total. The molecule has 134 valence electrons. The molecule has 3 atom stereocenters. The second-order valence-corrected chi connectivity index (χ2v) is 7.38. The molecule has 2 heterocycles. The van der Waals surface area contributed by atoms with Gasteiger partial charge in [-0.15, -0.1) is 0 Å². The Morgan fingerprint density at radius 2 is 2.17 bits per heavy atom. The SMILES string of the molecule is Cc1nn(C(F)F)c(C)c1CC(=O)O[C@@H]1[C@@H]2CCCO[C@@H]2C1(C)C. The molecule has 1 aliphatic carbocycles. The number of halogens is 2. The minimum Gasteiger partial charge on any atom is -0.461 e. The highest BCUT2D eigenvalue weighted by atomic mass is 19.3. The van der Waals surface area contributed by atoms with E-state index in [2.05, 4.69) is 5.10 Å². The second kappa shape index (κ2) is 6.10. The smallest absolute Gasteiger partial charge is 0.333 e. The molecule has 0 aromatic carbocycles. The summed E-state index contributed by atoms with van der Waals surface area (Å²) in [5.74, 6) is -0.152. The summed E-state index contributed by atoms with van der Waals surface area (Å²) in [4.78, 5) is 12.4. The first-order chi connectivity index (χ1) is 11.2. The molecule has 0 unspecified atom stereocenters. The van der Waals surface area contributed by atoms with Crippen molar-refractivity contribution >= 4 is 5.97 Å². The Bertz CT molecular complexity index is 642. The van der Waals surface area contributed by atoms with E-state index in [1.807, 2.05) is 13.8 Å². The molecule has 1 aromatic rings. The highest BCUT2D eigenvalue weighted by Crippen LogP contribution is 2.53. The minimum absolute atomic E-state index is 0.0325. The van der Waals surface area contributed by atoms with Crippen molar-refractivity contribution in [2.45, 2.75) is 65.7 Å². The lowest BCUT2D eigenvalue weighted by atomic mass is 9.57. The standard InChI is InChI=1S/C17H24F2N2O3/c1-9-12(10(2)21(20-9)16(18)19)8-13(22)24-15-11-6-5-7-23-14(11)17(15,3)4/h11,14-16H,5-8H2,1-4H3/t11-,14+,15-/m1/s1. The maximum absolute atomic E-state index is 12.9. The van der Waals surface area contributed by atoms with Crippen LogP contribution >= 0.6 is 0 Å². The van der Waals surface area contributed by atoms with Crippen LogP contribution in [-0.4, -0.2) is 34.6 Å². The van der Waals surface area contributed by atoms with Crippen LogP contribution in [0.1, 0.15) is 50.2 Å². The van der Waals surface area contributed by atoms with Crippen LogP contribution in [0.4, 0.5) is 8.78 Å². The third-order valence-electron chi connectivity index (χ3n) is 5.46. The Morgan fingerprint density at radius 1 is 1.46 bits per heavy atom. The van der Waals surface area contributed by atoms with Crippen molar-refractivity contribution in [2.24, 2.45) is 11.3 Å². The van der Waals surface area contributed by atoms with Crippen LogP contribution in [0.25, 0.3) is 0 Å². The van der Waals surface area contributed by atoms with Gasteiger partial charge in [-0.25, -0.2) is 4.68 Å². The summed E-state index contributed by atoms with van der Waals surface area (Å²) >= 11 is 0. The fourth-order valence-corrected chi connectivity index (χ4v) is 4.19. The van der Waals surface area contributed by atoms with Crippen LogP contribution in [0, 0.1) is 25.2 Å². The first-order valence-electron chi connectivity index (χ1n) is 8.37. The van der Waals surface area contributed by atoms with Gasteiger partial charge in [0, 0.05) is 29.2 Å². The van der Waals surface area contributed by atoms with Crippen LogP contribution in [0.2, 0.25) is 0 Å². The average Bonchev–Trinajstić information content (AvgIpc) is 2.81. The Hall–Kier alpha value is -1.50. The van der Waals surface area contributed by atoms with Crippen LogP contribution in [0.15, 0.2) is 0 Å². The van der Waals surface area contributed by atoms with Gasteiger partial charge in [0.2, 0.25) is 0 Å². The number of hydrogen-bond donors (Lipinski definition) is 0. The van der Waals surface area contributed by atoms with Gasteiger partial charge in [-0.05, 0) is 26.7 Å². The van der Waals surface area contributed by atoms with Gasteiger partial charge in [-0.3, -0.25) is 4.79 Å². The largest absolute Gasteiger partial charge is 0.461 e. The van der Waals surface area contributed by atoms with E-state index in [1.165, 1.54) is 0 Å². The monoisotopic (exact) mass is 342 g/mol. The van der Waals surface area contributed by atoms with Crippen molar-refractivity contribution in [3.8, 4) is 0 Å². The highest BCUT2D eigenvalue weighted by molar-refractivity contribution is 5.73. The minimum atomic E-state index is -2.71. The third-order valence-corrected chi connectivity index (χ3v) is 5.46. The van der Waals surface area contributed by atoms with Gasteiger partial charge in [-0.2, -0.15) is 13.9 Å². The maximum atomic E-state index is 12.9. The van der Waals surface area contributed by atoms with E-state index in [1.54, 1.807) is 13.8 Å². The zero-order valence-electron chi connectivity index (χ0n) is 14.5. The molecule has 0 amide bonds. The number of rotatable bonds is 4. The van der Waals surface area contributed by atoms with Crippen LogP contribution in [0.3, 0.4) is 0 Å². The summed E-state index contributed by atoms with van der Waals surface area (Å²) in [5, 5.41) is 3.81. The Balaban J connectivity index is 1.68. The third kappa shape index (κ3) is 2.72. The molecule has 1 saturated heterocycles. The number of carbonyl (C=O) groups excluding carboxylic acids is 1. The normalized spacial score (nSPS) is 28.4. The summed E-state index contributed by atoms with van der Waals surface area (Å²) in [6, 6.07) is 0. The molecular formula is C17H24F2N2O3. The lowest BCUT2D eigenvalue weighted by molar-refractivity contribution is -0.254. The van der Waals surface area contributed by atoms with Crippen LogP contribution in [-0.2, 0) is 20.7 Å². The number of carbonyl (C=O) groups is 1. The van der Waals surface area contributed by atoms with Gasteiger partial charge in [0.15, 0.2) is 0 Å². The van der Waals surface area contributed by atoms with Crippen molar-refractivity contribution in [3.05, 3.63) is 17.0 Å². The summed E-state index contributed by atoms with van der Waals surface area (Å²) < 4.78 is 37.9. The fourth-order valence-electron chi connectivity index (χ4n) is 4.19.